The summed E-state index contributed by atoms with van der Waals surface area (Å²) in [6.45, 7) is 5.86. The molecule has 0 fully saturated rings. The molecular formula is C14H20N2O2. The summed E-state index contributed by atoms with van der Waals surface area (Å²) >= 11 is 0. The number of ether oxygens (including phenoxy) is 2. The molecule has 0 radical (unpaired) electrons. The van der Waals surface area contributed by atoms with Crippen molar-refractivity contribution in [2.24, 2.45) is 4.99 Å². The molecule has 2 rings (SSSR count). The second kappa shape index (κ2) is 5.76. The summed E-state index contributed by atoms with van der Waals surface area (Å²) in [5.74, 6) is 2.43. The minimum atomic E-state index is 0.155. The Kier molecular flexibility index (Phi) is 4.07. The highest BCUT2D eigenvalue weighted by Gasteiger charge is 2.18. The number of amidine groups is 1. The topological polar surface area (TPSA) is 42.9 Å². The van der Waals surface area contributed by atoms with Gasteiger partial charge in [0.05, 0.1) is 25.3 Å². The van der Waals surface area contributed by atoms with Crippen LogP contribution in [-0.2, 0) is 0 Å². The molecule has 0 amide bonds. The van der Waals surface area contributed by atoms with E-state index < -0.39 is 0 Å². The monoisotopic (exact) mass is 248 g/mol. The molecular weight excluding hydrogens is 228 g/mol. The fourth-order valence-electron chi connectivity index (χ4n) is 1.85. The number of hydrogen-bond acceptors (Lipinski definition) is 4. The SMILES string of the molecule is CCC(C)Oc1c(OC)cccc1C1=NCCN1. The molecule has 4 heteroatoms. The molecule has 1 aliphatic heterocycles. The standard InChI is InChI=1S/C14H20N2O2/c1-4-10(2)18-13-11(14-15-8-9-16-14)6-5-7-12(13)17-3/h5-7,10H,4,8-9H2,1-3H3,(H,15,16). The molecule has 1 aromatic carbocycles. The van der Waals surface area contributed by atoms with Crippen LogP contribution in [0, 0.1) is 0 Å². The summed E-state index contributed by atoms with van der Waals surface area (Å²) in [5.41, 5.74) is 0.979. The molecule has 1 N–H and O–H groups in total. The number of hydrogen-bond donors (Lipinski definition) is 1. The third-order valence-electron chi connectivity index (χ3n) is 3.02. The summed E-state index contributed by atoms with van der Waals surface area (Å²) in [4.78, 5) is 4.45. The first-order valence-electron chi connectivity index (χ1n) is 6.38. The molecule has 4 nitrogen and oxygen atoms in total. The van der Waals surface area contributed by atoms with Crippen molar-refractivity contribution in [3.63, 3.8) is 0 Å². The second-order valence-corrected chi connectivity index (χ2v) is 4.33. The number of nitrogens with one attached hydrogen (secondary N) is 1. The third kappa shape index (κ3) is 2.58. The zero-order valence-electron chi connectivity index (χ0n) is 11.2. The van der Waals surface area contributed by atoms with Crippen LogP contribution in [0.4, 0.5) is 0 Å². The van der Waals surface area contributed by atoms with E-state index in [1.54, 1.807) is 7.11 Å². The number of nitrogens with zero attached hydrogens (tertiary/aromatic N) is 1. The number of methoxy groups -OCH3 is 1. The van der Waals surface area contributed by atoms with Gasteiger partial charge < -0.3 is 14.8 Å². The van der Waals surface area contributed by atoms with Gasteiger partial charge in [0.15, 0.2) is 11.5 Å². The van der Waals surface area contributed by atoms with Gasteiger partial charge >= 0.3 is 0 Å². The molecule has 1 aliphatic rings. The minimum absolute atomic E-state index is 0.155. The molecule has 0 saturated carbocycles. The number of aliphatic imine (C=N–C) groups is 1. The van der Waals surface area contributed by atoms with Crippen LogP contribution >= 0.6 is 0 Å². The second-order valence-electron chi connectivity index (χ2n) is 4.33. The average Bonchev–Trinajstić information content (AvgIpc) is 2.92. The lowest BCUT2D eigenvalue weighted by Crippen LogP contribution is -2.22. The van der Waals surface area contributed by atoms with Gasteiger partial charge in [-0.15, -0.1) is 0 Å². The van der Waals surface area contributed by atoms with E-state index in [-0.39, 0.29) is 6.10 Å². The fraction of sp³-hybridized carbons (Fsp3) is 0.500. The van der Waals surface area contributed by atoms with Crippen molar-refractivity contribution < 1.29 is 9.47 Å². The van der Waals surface area contributed by atoms with Gasteiger partial charge in [0, 0.05) is 6.54 Å². The first kappa shape index (κ1) is 12.7. The Bertz CT molecular complexity index is 443. The van der Waals surface area contributed by atoms with Gasteiger partial charge in [-0.05, 0) is 25.5 Å². The minimum Gasteiger partial charge on any atom is -0.493 e. The molecule has 0 saturated heterocycles. The summed E-state index contributed by atoms with van der Waals surface area (Å²) in [7, 11) is 1.66. The Labute approximate surface area is 108 Å². The van der Waals surface area contributed by atoms with E-state index in [0.717, 1.165) is 42.4 Å². The Balaban J connectivity index is 2.38. The summed E-state index contributed by atoms with van der Waals surface area (Å²) in [6, 6.07) is 5.88. The van der Waals surface area contributed by atoms with Crippen LogP contribution < -0.4 is 14.8 Å². The first-order chi connectivity index (χ1) is 8.76. The maximum absolute atomic E-state index is 5.98. The lowest BCUT2D eigenvalue weighted by molar-refractivity contribution is 0.207. The Morgan fingerprint density at radius 3 is 2.89 bits per heavy atom. The molecule has 1 aromatic rings. The van der Waals surface area contributed by atoms with Gasteiger partial charge in [0.1, 0.15) is 5.84 Å². The molecule has 0 aromatic heterocycles. The predicted molar refractivity (Wildman–Crippen MR) is 72.8 cm³/mol. The number of benzene rings is 1. The van der Waals surface area contributed by atoms with Crippen LogP contribution in [0.15, 0.2) is 23.2 Å². The van der Waals surface area contributed by atoms with Crippen molar-refractivity contribution in [2.75, 3.05) is 20.2 Å². The van der Waals surface area contributed by atoms with E-state index in [1.807, 2.05) is 18.2 Å². The van der Waals surface area contributed by atoms with Crippen LogP contribution in [0.25, 0.3) is 0 Å². The number of para-hydroxylation sites is 1. The molecule has 1 unspecified atom stereocenters. The maximum Gasteiger partial charge on any atom is 0.172 e. The number of rotatable bonds is 5. The van der Waals surface area contributed by atoms with Crippen molar-refractivity contribution >= 4 is 5.84 Å². The van der Waals surface area contributed by atoms with E-state index in [4.69, 9.17) is 9.47 Å². The molecule has 0 aliphatic carbocycles. The summed E-state index contributed by atoms with van der Waals surface area (Å²) in [6.07, 6.45) is 1.11. The Morgan fingerprint density at radius 1 is 1.44 bits per heavy atom. The van der Waals surface area contributed by atoms with Crippen molar-refractivity contribution in [3.8, 4) is 11.5 Å². The summed E-state index contributed by atoms with van der Waals surface area (Å²) < 4.78 is 11.4. The highest BCUT2D eigenvalue weighted by atomic mass is 16.5. The van der Waals surface area contributed by atoms with Crippen molar-refractivity contribution in [1.82, 2.24) is 5.32 Å². The zero-order chi connectivity index (χ0) is 13.0. The van der Waals surface area contributed by atoms with Crippen LogP contribution in [0.5, 0.6) is 11.5 Å². The first-order valence-corrected chi connectivity index (χ1v) is 6.38. The highest BCUT2D eigenvalue weighted by molar-refractivity contribution is 6.02. The normalized spacial score (nSPS) is 15.8. The Hall–Kier alpha value is -1.71. The fourth-order valence-corrected chi connectivity index (χ4v) is 1.85. The largest absolute Gasteiger partial charge is 0.493 e. The van der Waals surface area contributed by atoms with E-state index in [9.17, 15) is 0 Å². The molecule has 0 spiro atoms. The summed E-state index contributed by atoms with van der Waals surface area (Å²) in [5, 5.41) is 3.27. The van der Waals surface area contributed by atoms with Gasteiger partial charge in [0.2, 0.25) is 0 Å². The third-order valence-corrected chi connectivity index (χ3v) is 3.02. The van der Waals surface area contributed by atoms with Gasteiger partial charge in [-0.25, -0.2) is 0 Å². The van der Waals surface area contributed by atoms with Gasteiger partial charge in [-0.2, -0.15) is 0 Å². The quantitative estimate of drug-likeness (QED) is 0.869. The smallest absolute Gasteiger partial charge is 0.172 e. The van der Waals surface area contributed by atoms with Crippen LogP contribution in [0.1, 0.15) is 25.8 Å². The van der Waals surface area contributed by atoms with Crippen LogP contribution in [0.3, 0.4) is 0 Å². The van der Waals surface area contributed by atoms with E-state index in [0.29, 0.717) is 0 Å². The predicted octanol–water partition coefficient (Wildman–Crippen LogP) is 2.22. The van der Waals surface area contributed by atoms with Gasteiger partial charge in [-0.1, -0.05) is 13.0 Å². The molecule has 98 valence electrons. The lowest BCUT2D eigenvalue weighted by Gasteiger charge is -2.18. The van der Waals surface area contributed by atoms with Crippen LogP contribution in [-0.4, -0.2) is 32.1 Å². The zero-order valence-corrected chi connectivity index (χ0v) is 11.2. The van der Waals surface area contributed by atoms with Crippen LogP contribution in [0.2, 0.25) is 0 Å². The Morgan fingerprint density at radius 2 is 2.28 bits per heavy atom. The van der Waals surface area contributed by atoms with Crippen molar-refractivity contribution in [1.29, 1.82) is 0 Å². The van der Waals surface area contributed by atoms with Crippen molar-refractivity contribution in [2.45, 2.75) is 26.4 Å². The van der Waals surface area contributed by atoms with Gasteiger partial charge in [0.25, 0.3) is 0 Å². The van der Waals surface area contributed by atoms with E-state index in [2.05, 4.69) is 24.2 Å². The van der Waals surface area contributed by atoms with E-state index in [1.165, 1.54) is 0 Å². The van der Waals surface area contributed by atoms with Gasteiger partial charge in [-0.3, -0.25) is 4.99 Å². The molecule has 0 bridgehead atoms. The lowest BCUT2D eigenvalue weighted by atomic mass is 10.1. The molecule has 1 atom stereocenters. The van der Waals surface area contributed by atoms with Crippen molar-refractivity contribution in [3.05, 3.63) is 23.8 Å². The maximum atomic E-state index is 5.98. The molecule has 18 heavy (non-hydrogen) atoms. The molecule has 1 heterocycles. The average molecular weight is 248 g/mol. The van der Waals surface area contributed by atoms with E-state index >= 15 is 0 Å². The highest BCUT2D eigenvalue weighted by Crippen LogP contribution is 2.32.